The number of sulfonamides is 1. The second kappa shape index (κ2) is 9.19. The first-order valence-corrected chi connectivity index (χ1v) is 13.8. The van der Waals surface area contributed by atoms with E-state index in [2.05, 4.69) is 22.2 Å². The molecule has 3 aliphatic carbocycles. The second-order valence-corrected chi connectivity index (χ2v) is 12.1. The van der Waals surface area contributed by atoms with Gasteiger partial charge in [-0.25, -0.2) is 22.3 Å². The number of hydrogen-bond acceptors (Lipinski definition) is 4. The van der Waals surface area contributed by atoms with E-state index in [-0.39, 0.29) is 35.2 Å². The minimum atomic E-state index is -3.36. The van der Waals surface area contributed by atoms with Crippen molar-refractivity contribution >= 4 is 21.7 Å². The number of carbonyl (C=O) groups is 1. The zero-order valence-electron chi connectivity index (χ0n) is 20.0. The fraction of sp³-hybridized carbons (Fsp3) is 0.500. The summed E-state index contributed by atoms with van der Waals surface area (Å²) in [6, 6.07) is 12.5. The summed E-state index contributed by atoms with van der Waals surface area (Å²) < 4.78 is 46.3. The molecule has 2 N–H and O–H groups in total. The number of amides is 2. The van der Waals surface area contributed by atoms with Crippen LogP contribution in [-0.4, -0.2) is 44.4 Å². The molecule has 0 aromatic heterocycles. The Morgan fingerprint density at radius 2 is 1.66 bits per heavy atom. The molecule has 2 aromatic carbocycles. The third-order valence-corrected chi connectivity index (χ3v) is 9.55. The fourth-order valence-electron chi connectivity index (χ4n) is 5.96. The molecular weight excluding hydrogens is 469 g/mol. The van der Waals surface area contributed by atoms with Crippen molar-refractivity contribution < 1.29 is 22.3 Å². The van der Waals surface area contributed by atoms with Crippen molar-refractivity contribution in [2.45, 2.75) is 62.6 Å². The first kappa shape index (κ1) is 24.2. The van der Waals surface area contributed by atoms with Crippen LogP contribution in [-0.2, 0) is 33.3 Å². The zero-order chi connectivity index (χ0) is 24.7. The SMILES string of the molecule is COCCS(=O)(=O)NC12CCC(c3ccc(NC(=O)N4Cc5ccc(F)cc5C4)cc3)(CC1)CC2. The highest BCUT2D eigenvalue weighted by molar-refractivity contribution is 7.89. The molecule has 4 aliphatic rings. The van der Waals surface area contributed by atoms with E-state index in [1.54, 1.807) is 11.0 Å². The molecule has 1 heterocycles. The number of halogens is 1. The Labute approximate surface area is 206 Å². The van der Waals surface area contributed by atoms with Crippen LogP contribution in [0.5, 0.6) is 0 Å². The number of hydrogen-bond donors (Lipinski definition) is 2. The normalized spacial score (nSPS) is 25.5. The number of rotatable bonds is 7. The van der Waals surface area contributed by atoms with E-state index >= 15 is 0 Å². The lowest BCUT2D eigenvalue weighted by Gasteiger charge is -2.53. The number of carbonyl (C=O) groups excluding carboxylic acids is 1. The minimum Gasteiger partial charge on any atom is -0.384 e. The second-order valence-electron chi connectivity index (χ2n) is 10.3. The molecule has 0 spiro atoms. The molecule has 35 heavy (non-hydrogen) atoms. The van der Waals surface area contributed by atoms with E-state index in [4.69, 9.17) is 4.74 Å². The van der Waals surface area contributed by atoms with Crippen molar-refractivity contribution in [2.24, 2.45) is 0 Å². The molecule has 9 heteroatoms. The van der Waals surface area contributed by atoms with Crippen LogP contribution < -0.4 is 10.0 Å². The molecule has 3 fully saturated rings. The van der Waals surface area contributed by atoms with Gasteiger partial charge in [0.2, 0.25) is 10.0 Å². The molecule has 2 bridgehead atoms. The van der Waals surface area contributed by atoms with Crippen LogP contribution in [0.1, 0.15) is 55.2 Å². The number of nitrogens with zero attached hydrogens (tertiary/aromatic N) is 1. The van der Waals surface area contributed by atoms with Gasteiger partial charge in [-0.1, -0.05) is 18.2 Å². The number of ether oxygens (including phenoxy) is 1. The van der Waals surface area contributed by atoms with Crippen LogP contribution in [0.4, 0.5) is 14.9 Å². The summed E-state index contributed by atoms with van der Waals surface area (Å²) in [5.74, 6) is -0.295. The highest BCUT2D eigenvalue weighted by atomic mass is 32.2. The summed E-state index contributed by atoms with van der Waals surface area (Å²) in [7, 11) is -1.85. The number of anilines is 1. The van der Waals surface area contributed by atoms with Crippen molar-refractivity contribution in [2.75, 3.05) is 24.8 Å². The molecule has 6 rings (SSSR count). The third-order valence-electron chi connectivity index (χ3n) is 8.10. The maximum absolute atomic E-state index is 13.5. The smallest absolute Gasteiger partial charge is 0.322 e. The Morgan fingerprint density at radius 3 is 2.31 bits per heavy atom. The van der Waals surface area contributed by atoms with Crippen LogP contribution in [0.25, 0.3) is 0 Å². The van der Waals surface area contributed by atoms with Crippen molar-refractivity contribution in [1.29, 1.82) is 0 Å². The Balaban J connectivity index is 1.19. The lowest BCUT2D eigenvalue weighted by atomic mass is 9.55. The molecule has 188 valence electrons. The standard InChI is InChI=1S/C26H32FN3O4S/c1-34-14-15-35(32,33)29-26-11-8-25(9-12-26,10-13-26)21-3-6-23(7-4-21)28-24(31)30-17-19-2-5-22(27)16-20(19)18-30/h2-7,16,29H,8-15,17-18H2,1H3,(H,28,31). The number of methoxy groups -OCH3 is 1. The molecule has 0 radical (unpaired) electrons. The quantitative estimate of drug-likeness (QED) is 0.593. The molecule has 1 aliphatic heterocycles. The Kier molecular flexibility index (Phi) is 6.35. The van der Waals surface area contributed by atoms with Gasteiger partial charge in [0.1, 0.15) is 5.82 Å². The summed E-state index contributed by atoms with van der Waals surface area (Å²) in [4.78, 5) is 14.4. The molecular formula is C26H32FN3O4S. The Hall–Kier alpha value is -2.49. The van der Waals surface area contributed by atoms with Crippen LogP contribution >= 0.6 is 0 Å². The average Bonchev–Trinajstić information content (AvgIpc) is 3.27. The molecule has 7 nitrogen and oxygen atoms in total. The number of urea groups is 1. The van der Waals surface area contributed by atoms with Gasteiger partial charge in [-0.15, -0.1) is 0 Å². The Morgan fingerprint density at radius 1 is 1.00 bits per heavy atom. The van der Waals surface area contributed by atoms with E-state index in [0.29, 0.717) is 13.1 Å². The predicted molar refractivity (Wildman–Crippen MR) is 132 cm³/mol. The summed E-state index contributed by atoms with van der Waals surface area (Å²) in [6.45, 7) is 1.07. The van der Waals surface area contributed by atoms with Gasteiger partial charge in [-0.2, -0.15) is 0 Å². The minimum absolute atomic E-state index is 0.00994. The lowest BCUT2D eigenvalue weighted by Crippen LogP contribution is -2.58. The van der Waals surface area contributed by atoms with Crippen molar-refractivity contribution in [3.63, 3.8) is 0 Å². The highest BCUT2D eigenvalue weighted by Crippen LogP contribution is 2.53. The Bertz CT molecular complexity index is 1190. The van der Waals surface area contributed by atoms with Gasteiger partial charge in [-0.3, -0.25) is 0 Å². The first-order chi connectivity index (χ1) is 16.7. The molecule has 2 aromatic rings. The monoisotopic (exact) mass is 501 g/mol. The summed E-state index contributed by atoms with van der Waals surface area (Å²) >= 11 is 0. The number of nitrogens with one attached hydrogen (secondary N) is 2. The third kappa shape index (κ3) is 4.94. The number of benzene rings is 2. The maximum atomic E-state index is 13.5. The fourth-order valence-corrected chi connectivity index (χ4v) is 7.42. The van der Waals surface area contributed by atoms with E-state index in [1.165, 1.54) is 24.8 Å². The summed E-state index contributed by atoms with van der Waals surface area (Å²) in [5.41, 5.74) is 3.52. The molecule has 0 saturated heterocycles. The van der Waals surface area contributed by atoms with Crippen LogP contribution in [0.15, 0.2) is 42.5 Å². The molecule has 2 amide bonds. The van der Waals surface area contributed by atoms with Crippen molar-refractivity contribution in [3.05, 3.63) is 65.0 Å². The van der Waals surface area contributed by atoms with Gasteiger partial charge in [0.15, 0.2) is 0 Å². The van der Waals surface area contributed by atoms with Gasteiger partial charge in [-0.05, 0) is 84.9 Å². The van der Waals surface area contributed by atoms with E-state index < -0.39 is 10.0 Å². The summed E-state index contributed by atoms with van der Waals surface area (Å²) in [5, 5.41) is 2.96. The van der Waals surface area contributed by atoms with Gasteiger partial charge in [0, 0.05) is 31.4 Å². The van der Waals surface area contributed by atoms with Crippen LogP contribution in [0, 0.1) is 5.82 Å². The lowest BCUT2D eigenvalue weighted by molar-refractivity contribution is 0.0944. The van der Waals surface area contributed by atoms with Crippen molar-refractivity contribution in [3.8, 4) is 0 Å². The molecule has 3 saturated carbocycles. The summed E-state index contributed by atoms with van der Waals surface area (Å²) in [6.07, 6.45) is 5.30. The van der Waals surface area contributed by atoms with Crippen LogP contribution in [0.3, 0.4) is 0 Å². The predicted octanol–water partition coefficient (Wildman–Crippen LogP) is 4.28. The highest BCUT2D eigenvalue weighted by Gasteiger charge is 2.50. The maximum Gasteiger partial charge on any atom is 0.322 e. The van der Waals surface area contributed by atoms with Gasteiger partial charge < -0.3 is 15.0 Å². The topological polar surface area (TPSA) is 87.7 Å². The van der Waals surface area contributed by atoms with Gasteiger partial charge >= 0.3 is 6.03 Å². The van der Waals surface area contributed by atoms with Gasteiger partial charge in [0.05, 0.1) is 12.4 Å². The largest absolute Gasteiger partial charge is 0.384 e. The van der Waals surface area contributed by atoms with Gasteiger partial charge in [0.25, 0.3) is 0 Å². The van der Waals surface area contributed by atoms with E-state index in [1.807, 2.05) is 12.1 Å². The van der Waals surface area contributed by atoms with E-state index in [9.17, 15) is 17.6 Å². The van der Waals surface area contributed by atoms with Crippen LogP contribution in [0.2, 0.25) is 0 Å². The average molecular weight is 502 g/mol. The first-order valence-electron chi connectivity index (χ1n) is 12.2. The zero-order valence-corrected chi connectivity index (χ0v) is 20.8. The molecule has 0 atom stereocenters. The van der Waals surface area contributed by atoms with E-state index in [0.717, 1.165) is 55.3 Å². The number of fused-ring (bicyclic) bond motifs is 4. The van der Waals surface area contributed by atoms with Crippen molar-refractivity contribution in [1.82, 2.24) is 9.62 Å². The molecule has 0 unspecified atom stereocenters.